The number of carbonyl (C=O) groups excluding carboxylic acids is 1. The van der Waals surface area contributed by atoms with Crippen molar-refractivity contribution in [3.8, 4) is 28.1 Å². The van der Waals surface area contributed by atoms with Gasteiger partial charge in [0.15, 0.2) is 0 Å². The van der Waals surface area contributed by atoms with Gasteiger partial charge in [-0.3, -0.25) is 9.20 Å². The summed E-state index contributed by atoms with van der Waals surface area (Å²) in [6.07, 6.45) is 1.84. The van der Waals surface area contributed by atoms with Crippen LogP contribution in [-0.2, 0) is 22.6 Å². The molecule has 0 aliphatic carbocycles. The number of carboxylic acids is 1. The molecule has 3 aromatic carbocycles. The summed E-state index contributed by atoms with van der Waals surface area (Å²) in [5.74, 6) is -0.878. The van der Waals surface area contributed by atoms with Crippen molar-refractivity contribution < 1.29 is 24.2 Å². The first-order valence-electron chi connectivity index (χ1n) is 12.7. The second kappa shape index (κ2) is 11.2. The van der Waals surface area contributed by atoms with Gasteiger partial charge in [0, 0.05) is 0 Å². The molecule has 0 amide bonds. The van der Waals surface area contributed by atoms with Gasteiger partial charge in [0.25, 0.3) is 0 Å². The lowest BCUT2D eigenvalue weighted by molar-refractivity contribution is -0.144. The van der Waals surface area contributed by atoms with E-state index in [-0.39, 0.29) is 24.6 Å². The first-order valence-corrected chi connectivity index (χ1v) is 12.7. The smallest absolute Gasteiger partial charge is 0.336 e. The predicted octanol–water partition coefficient (Wildman–Crippen LogP) is 6.36. The van der Waals surface area contributed by atoms with Gasteiger partial charge in [-0.2, -0.15) is 4.98 Å². The third-order valence-corrected chi connectivity index (χ3v) is 6.54. The lowest BCUT2D eigenvalue weighted by Crippen LogP contribution is -2.11. The van der Waals surface area contributed by atoms with Crippen LogP contribution in [0.25, 0.3) is 27.9 Å². The number of ether oxygens (including phenoxy) is 2. The van der Waals surface area contributed by atoms with Crippen molar-refractivity contribution in [1.82, 2.24) is 9.38 Å². The number of hydrogen-bond acceptors (Lipinski definition) is 5. The fraction of sp³-hybridized carbons (Fsp3) is 0.156. The average molecular weight is 521 g/mol. The minimum Gasteiger partial charge on any atom is -0.478 e. The highest BCUT2D eigenvalue weighted by atomic mass is 16.5. The summed E-state index contributed by atoms with van der Waals surface area (Å²) in [5, 5.41) is 9.93. The summed E-state index contributed by atoms with van der Waals surface area (Å²) in [4.78, 5) is 29.6. The van der Waals surface area contributed by atoms with Crippen LogP contribution in [0.1, 0.15) is 34.1 Å². The van der Waals surface area contributed by atoms with Crippen molar-refractivity contribution in [2.24, 2.45) is 0 Å². The van der Waals surface area contributed by atoms with Gasteiger partial charge in [-0.25, -0.2) is 4.79 Å². The number of pyridine rings is 1. The number of hydrogen-bond donors (Lipinski definition) is 1. The maximum atomic E-state index is 12.9. The second-order valence-corrected chi connectivity index (χ2v) is 9.14. The molecule has 0 atom stereocenters. The molecule has 7 nitrogen and oxygen atoms in total. The van der Waals surface area contributed by atoms with E-state index in [1.54, 1.807) is 12.3 Å². The van der Waals surface area contributed by atoms with Crippen LogP contribution in [0.3, 0.4) is 0 Å². The number of aryl methyl sites for hydroxylation is 1. The van der Waals surface area contributed by atoms with Gasteiger partial charge >= 0.3 is 11.9 Å². The number of rotatable bonds is 9. The van der Waals surface area contributed by atoms with Crippen molar-refractivity contribution in [2.75, 3.05) is 6.61 Å². The first-order chi connectivity index (χ1) is 18.9. The molecule has 0 saturated heterocycles. The average Bonchev–Trinajstić information content (AvgIpc) is 3.38. The molecule has 0 radical (unpaired) electrons. The Labute approximate surface area is 226 Å². The summed E-state index contributed by atoms with van der Waals surface area (Å²) >= 11 is 0. The molecule has 0 saturated carbocycles. The number of esters is 1. The number of aromatic nitrogens is 2. The van der Waals surface area contributed by atoms with E-state index in [0.717, 1.165) is 39.2 Å². The van der Waals surface area contributed by atoms with Crippen LogP contribution in [-0.4, -0.2) is 33.0 Å². The van der Waals surface area contributed by atoms with Gasteiger partial charge in [0.1, 0.15) is 12.3 Å². The summed E-state index contributed by atoms with van der Waals surface area (Å²) in [6.45, 7) is 4.45. The molecule has 1 N–H and O–H groups in total. The maximum absolute atomic E-state index is 12.9. The zero-order chi connectivity index (χ0) is 27.4. The van der Waals surface area contributed by atoms with Crippen LogP contribution in [0.15, 0.2) is 91.1 Å². The van der Waals surface area contributed by atoms with E-state index >= 15 is 0 Å². The SMILES string of the molecule is CCOc1cn2c(COC(=O)Cc3ccccc3-c3ccc(-c4ccccc4)c(C(=O)O)c3)ccc(C)c2n1. The molecule has 0 bridgehead atoms. The Morgan fingerprint density at radius 1 is 0.897 bits per heavy atom. The molecular weight excluding hydrogens is 492 g/mol. The third-order valence-electron chi connectivity index (χ3n) is 6.54. The Morgan fingerprint density at radius 3 is 2.44 bits per heavy atom. The Morgan fingerprint density at radius 2 is 1.67 bits per heavy atom. The minimum atomic E-state index is -1.01. The van der Waals surface area contributed by atoms with Crippen molar-refractivity contribution in [3.05, 3.63) is 114 Å². The van der Waals surface area contributed by atoms with Gasteiger partial charge in [-0.1, -0.05) is 72.8 Å². The molecular formula is C32H28N2O5. The van der Waals surface area contributed by atoms with E-state index in [1.807, 2.05) is 97.1 Å². The van der Waals surface area contributed by atoms with Gasteiger partial charge in [0.2, 0.25) is 5.88 Å². The van der Waals surface area contributed by atoms with Gasteiger partial charge in [0.05, 0.1) is 30.5 Å². The summed E-state index contributed by atoms with van der Waals surface area (Å²) in [6, 6.07) is 26.1. The van der Waals surface area contributed by atoms with Crippen molar-refractivity contribution in [3.63, 3.8) is 0 Å². The van der Waals surface area contributed by atoms with Gasteiger partial charge in [-0.05, 0) is 59.4 Å². The molecule has 7 heteroatoms. The van der Waals surface area contributed by atoms with Crippen LogP contribution < -0.4 is 4.74 Å². The zero-order valence-corrected chi connectivity index (χ0v) is 21.8. The highest BCUT2D eigenvalue weighted by molar-refractivity contribution is 5.98. The molecule has 196 valence electrons. The molecule has 0 aliphatic heterocycles. The number of carbonyl (C=O) groups is 2. The second-order valence-electron chi connectivity index (χ2n) is 9.14. The number of imidazole rings is 1. The van der Waals surface area contributed by atoms with Gasteiger partial charge < -0.3 is 14.6 Å². The Kier molecular flexibility index (Phi) is 7.41. The number of aromatic carboxylic acids is 1. The molecule has 0 spiro atoms. The first kappa shape index (κ1) is 25.7. The summed E-state index contributed by atoms with van der Waals surface area (Å²) < 4.78 is 13.1. The number of carboxylic acid groups (broad SMARTS) is 1. The summed E-state index contributed by atoms with van der Waals surface area (Å²) in [7, 11) is 0. The van der Waals surface area contributed by atoms with E-state index in [9.17, 15) is 14.7 Å². The lowest BCUT2D eigenvalue weighted by atomic mass is 9.92. The van der Waals surface area contributed by atoms with Crippen LogP contribution in [0.5, 0.6) is 5.88 Å². The monoisotopic (exact) mass is 520 g/mol. The molecule has 2 aromatic heterocycles. The minimum absolute atomic E-state index is 0.0438. The largest absolute Gasteiger partial charge is 0.478 e. The van der Waals surface area contributed by atoms with E-state index < -0.39 is 5.97 Å². The Bertz CT molecular complexity index is 1660. The molecule has 5 aromatic rings. The molecule has 2 heterocycles. The topological polar surface area (TPSA) is 90.1 Å². The number of benzene rings is 3. The molecule has 0 fully saturated rings. The predicted molar refractivity (Wildman–Crippen MR) is 149 cm³/mol. The highest BCUT2D eigenvalue weighted by Gasteiger charge is 2.17. The molecule has 39 heavy (non-hydrogen) atoms. The standard InChI is InChI=1S/C32H28N2O5/c1-3-38-29-19-34-25(15-13-21(2)31(34)33-29)20-39-30(35)18-23-11-7-8-12-26(23)24-14-16-27(28(17-24)32(36)37)22-9-5-4-6-10-22/h4-17,19H,3,18,20H2,1-2H3,(H,36,37). The summed E-state index contributed by atoms with van der Waals surface area (Å²) in [5.41, 5.74) is 6.44. The van der Waals surface area contributed by atoms with Crippen LogP contribution in [0, 0.1) is 6.92 Å². The van der Waals surface area contributed by atoms with Crippen molar-refractivity contribution in [2.45, 2.75) is 26.9 Å². The lowest BCUT2D eigenvalue weighted by Gasteiger charge is -2.13. The quantitative estimate of drug-likeness (QED) is 0.228. The fourth-order valence-electron chi connectivity index (χ4n) is 4.64. The van der Waals surface area contributed by atoms with E-state index in [0.29, 0.717) is 18.1 Å². The third kappa shape index (κ3) is 5.52. The normalized spacial score (nSPS) is 10.9. The zero-order valence-electron chi connectivity index (χ0n) is 21.8. The van der Waals surface area contributed by atoms with Crippen LogP contribution in [0.2, 0.25) is 0 Å². The van der Waals surface area contributed by atoms with E-state index in [4.69, 9.17) is 9.47 Å². The Hall–Kier alpha value is -4.91. The molecule has 5 rings (SSSR count). The highest BCUT2D eigenvalue weighted by Crippen LogP contribution is 2.31. The fourth-order valence-corrected chi connectivity index (χ4v) is 4.64. The van der Waals surface area contributed by atoms with E-state index in [2.05, 4.69) is 4.98 Å². The Balaban J connectivity index is 1.37. The van der Waals surface area contributed by atoms with Crippen molar-refractivity contribution in [1.29, 1.82) is 0 Å². The van der Waals surface area contributed by atoms with Crippen molar-refractivity contribution >= 4 is 17.6 Å². The number of nitrogens with zero attached hydrogens (tertiary/aromatic N) is 2. The molecule has 0 aliphatic rings. The number of fused-ring (bicyclic) bond motifs is 1. The van der Waals surface area contributed by atoms with E-state index in [1.165, 1.54) is 0 Å². The van der Waals surface area contributed by atoms with Gasteiger partial charge in [-0.15, -0.1) is 0 Å². The molecule has 0 unspecified atom stereocenters. The van der Waals surface area contributed by atoms with Crippen LogP contribution >= 0.6 is 0 Å². The van der Waals surface area contributed by atoms with Crippen LogP contribution in [0.4, 0.5) is 0 Å². The maximum Gasteiger partial charge on any atom is 0.336 e.